The summed E-state index contributed by atoms with van der Waals surface area (Å²) in [6.45, 7) is 4.05. The quantitative estimate of drug-likeness (QED) is 0.282. The molecular formula is C29H36FN7O4. The lowest BCUT2D eigenvalue weighted by molar-refractivity contribution is -0.118. The maximum atomic E-state index is 13.9. The predicted molar refractivity (Wildman–Crippen MR) is 154 cm³/mol. The van der Waals surface area contributed by atoms with Crippen LogP contribution in [0.2, 0.25) is 0 Å². The molecule has 0 atom stereocenters. The number of aliphatic hydroxyl groups is 1. The van der Waals surface area contributed by atoms with Crippen LogP contribution in [0, 0.1) is 11.7 Å². The minimum absolute atomic E-state index is 0.0678. The van der Waals surface area contributed by atoms with Gasteiger partial charge in [0.1, 0.15) is 24.5 Å². The Hall–Kier alpha value is -4.16. The number of fused-ring (bicyclic) bond motifs is 1. The van der Waals surface area contributed by atoms with Crippen molar-refractivity contribution in [2.75, 3.05) is 63.4 Å². The van der Waals surface area contributed by atoms with Crippen LogP contribution in [0.5, 0.6) is 11.5 Å². The molecule has 5 rings (SSSR count). The number of hydrazine groups is 1. The molecule has 0 unspecified atom stereocenters. The molecule has 3 aromatic rings. The normalized spacial score (nSPS) is 16.2. The summed E-state index contributed by atoms with van der Waals surface area (Å²) in [4.78, 5) is 23.0. The van der Waals surface area contributed by atoms with E-state index in [2.05, 4.69) is 20.2 Å². The fraction of sp³-hybridized carbons (Fsp3) is 0.414. The van der Waals surface area contributed by atoms with Crippen molar-refractivity contribution in [1.82, 2.24) is 19.9 Å². The number of hydrogen-bond acceptors (Lipinski definition) is 10. The number of nitrogens with two attached hydrogens (primary N) is 1. The van der Waals surface area contributed by atoms with Crippen LogP contribution >= 0.6 is 0 Å². The Morgan fingerprint density at radius 3 is 2.76 bits per heavy atom. The average Bonchev–Trinajstić information content (AvgIpc) is 3.36. The summed E-state index contributed by atoms with van der Waals surface area (Å²) < 4.78 is 25.7. The molecule has 0 saturated carbocycles. The summed E-state index contributed by atoms with van der Waals surface area (Å²) in [5, 5.41) is 16.8. The van der Waals surface area contributed by atoms with Crippen molar-refractivity contribution in [2.45, 2.75) is 19.3 Å². The van der Waals surface area contributed by atoms with Crippen LogP contribution in [0.15, 0.2) is 54.6 Å². The number of aliphatic hydroxyl groups excluding tert-OH is 1. The number of benzene rings is 2. The molecule has 2 aliphatic heterocycles. The fourth-order valence-electron chi connectivity index (χ4n) is 5.23. The van der Waals surface area contributed by atoms with E-state index >= 15 is 0 Å². The zero-order chi connectivity index (χ0) is 28.8. The molecule has 0 radical (unpaired) electrons. The van der Waals surface area contributed by atoms with Crippen LogP contribution in [-0.2, 0) is 4.79 Å². The number of nitrogens with zero attached hydrogens (tertiary/aromatic N) is 5. The highest BCUT2D eigenvalue weighted by Crippen LogP contribution is 2.35. The molecule has 4 N–H and O–H groups in total. The largest absolute Gasteiger partial charge is 0.493 e. The van der Waals surface area contributed by atoms with Gasteiger partial charge in [0.05, 0.1) is 37.2 Å². The lowest BCUT2D eigenvalue weighted by Crippen LogP contribution is -2.41. The van der Waals surface area contributed by atoms with Crippen LogP contribution in [0.1, 0.15) is 19.3 Å². The third-order valence-electron chi connectivity index (χ3n) is 7.40. The van der Waals surface area contributed by atoms with Gasteiger partial charge in [0.2, 0.25) is 5.91 Å². The van der Waals surface area contributed by atoms with Crippen LogP contribution in [0.4, 0.5) is 15.9 Å². The Morgan fingerprint density at radius 1 is 1.20 bits per heavy atom. The Balaban J connectivity index is 1.27. The zero-order valence-electron chi connectivity index (χ0n) is 23.1. The van der Waals surface area contributed by atoms with Crippen molar-refractivity contribution < 1.29 is 23.8 Å². The van der Waals surface area contributed by atoms with E-state index in [1.54, 1.807) is 35.5 Å². The van der Waals surface area contributed by atoms with Gasteiger partial charge in [-0.2, -0.15) is 0 Å². The van der Waals surface area contributed by atoms with Crippen LogP contribution in [0.25, 0.3) is 10.9 Å². The molecule has 0 bridgehead atoms. The van der Waals surface area contributed by atoms with Gasteiger partial charge in [0.25, 0.3) is 0 Å². The molecule has 0 aliphatic carbocycles. The van der Waals surface area contributed by atoms with E-state index < -0.39 is 5.91 Å². The highest BCUT2D eigenvalue weighted by molar-refractivity contribution is 5.92. The van der Waals surface area contributed by atoms with Gasteiger partial charge in [-0.3, -0.25) is 14.8 Å². The van der Waals surface area contributed by atoms with Crippen molar-refractivity contribution in [3.05, 3.63) is 60.4 Å². The zero-order valence-corrected chi connectivity index (χ0v) is 23.1. The Labute approximate surface area is 238 Å². The molecular weight excluding hydrogens is 529 g/mol. The molecule has 1 saturated heterocycles. The van der Waals surface area contributed by atoms with Crippen molar-refractivity contribution in [3.63, 3.8) is 0 Å². The SMILES string of the molecule is COc1cc2c(NC3=CN(CC(N)=O)N(c4cccc(F)c4)C3)ncnc2cc1OCCCN1CCC(CO)CC1. The number of ether oxygens (including phenoxy) is 2. The molecule has 2 aliphatic rings. The molecule has 1 aromatic heterocycles. The van der Waals surface area contributed by atoms with Crippen molar-refractivity contribution in [3.8, 4) is 11.5 Å². The molecule has 1 amide bonds. The van der Waals surface area contributed by atoms with Gasteiger partial charge in [-0.1, -0.05) is 6.07 Å². The first-order chi connectivity index (χ1) is 19.9. The number of nitrogens with one attached hydrogen (secondary N) is 1. The summed E-state index contributed by atoms with van der Waals surface area (Å²) in [6, 6.07) is 9.83. The fourth-order valence-corrected chi connectivity index (χ4v) is 5.23. The molecule has 1 fully saturated rings. The molecule has 41 heavy (non-hydrogen) atoms. The standard InChI is InChI=1S/C29H36FN7O4/c1-40-26-13-24-25(14-27(26)41-11-3-8-35-9-6-20(18-38)7-10-35)32-19-33-29(24)34-22-15-36(17-28(31)39)37(16-22)23-5-2-4-21(30)12-23/h2,4-5,12-15,19-20,38H,3,6-11,16-18H2,1H3,(H2,31,39)(H,32,33,34). The van der Waals surface area contributed by atoms with Crippen LogP contribution < -0.4 is 25.5 Å². The smallest absolute Gasteiger partial charge is 0.239 e. The summed E-state index contributed by atoms with van der Waals surface area (Å²) in [5.41, 5.74) is 7.47. The first-order valence-corrected chi connectivity index (χ1v) is 13.8. The number of halogens is 1. The summed E-state index contributed by atoms with van der Waals surface area (Å²) >= 11 is 0. The van der Waals surface area contributed by atoms with Gasteiger partial charge >= 0.3 is 0 Å². The number of anilines is 2. The molecule has 12 heteroatoms. The van der Waals surface area contributed by atoms with E-state index in [0.717, 1.165) is 50.0 Å². The maximum Gasteiger partial charge on any atom is 0.239 e. The van der Waals surface area contributed by atoms with Gasteiger partial charge < -0.3 is 30.5 Å². The Morgan fingerprint density at radius 2 is 2.02 bits per heavy atom. The van der Waals surface area contributed by atoms with Crippen molar-refractivity contribution in [2.24, 2.45) is 11.7 Å². The number of amides is 1. The van der Waals surface area contributed by atoms with E-state index in [1.807, 2.05) is 12.1 Å². The first kappa shape index (κ1) is 28.4. The number of rotatable bonds is 12. The number of primary amides is 1. The summed E-state index contributed by atoms with van der Waals surface area (Å²) in [5.74, 6) is 1.26. The number of aromatic nitrogens is 2. The van der Waals surface area contributed by atoms with E-state index in [9.17, 15) is 14.3 Å². The van der Waals surface area contributed by atoms with E-state index in [4.69, 9.17) is 15.2 Å². The van der Waals surface area contributed by atoms with Crippen molar-refractivity contribution >= 4 is 28.3 Å². The number of methoxy groups -OCH3 is 1. The minimum atomic E-state index is -0.514. The Bertz CT molecular complexity index is 1400. The second-order valence-corrected chi connectivity index (χ2v) is 10.3. The van der Waals surface area contributed by atoms with Gasteiger partial charge in [-0.25, -0.2) is 14.4 Å². The molecule has 3 heterocycles. The lowest BCUT2D eigenvalue weighted by atomic mass is 9.98. The average molecular weight is 566 g/mol. The van der Waals surface area contributed by atoms with Crippen LogP contribution in [-0.4, -0.2) is 83.9 Å². The van der Waals surface area contributed by atoms with Gasteiger partial charge in [-0.15, -0.1) is 0 Å². The number of piperidine rings is 1. The molecule has 2 aromatic carbocycles. The highest BCUT2D eigenvalue weighted by Gasteiger charge is 2.25. The highest BCUT2D eigenvalue weighted by atomic mass is 19.1. The minimum Gasteiger partial charge on any atom is -0.493 e. The third kappa shape index (κ3) is 6.95. The monoisotopic (exact) mass is 565 g/mol. The first-order valence-electron chi connectivity index (χ1n) is 13.8. The van der Waals surface area contributed by atoms with Gasteiger partial charge in [0, 0.05) is 30.8 Å². The third-order valence-corrected chi connectivity index (χ3v) is 7.40. The molecule has 0 spiro atoms. The second kappa shape index (κ2) is 13.0. The van der Waals surface area contributed by atoms with E-state index in [1.165, 1.54) is 18.5 Å². The van der Waals surface area contributed by atoms with Crippen LogP contribution in [0.3, 0.4) is 0 Å². The number of carbonyl (C=O) groups excluding carboxylic acids is 1. The lowest BCUT2D eigenvalue weighted by Gasteiger charge is -2.30. The van der Waals surface area contributed by atoms with Crippen molar-refractivity contribution in [1.29, 1.82) is 0 Å². The molecule has 11 nitrogen and oxygen atoms in total. The summed E-state index contributed by atoms with van der Waals surface area (Å²) in [7, 11) is 1.59. The molecule has 218 valence electrons. The number of hydrogen-bond donors (Lipinski definition) is 3. The van der Waals surface area contributed by atoms with E-state index in [0.29, 0.717) is 47.6 Å². The van der Waals surface area contributed by atoms with Gasteiger partial charge in [0.15, 0.2) is 11.5 Å². The Kier molecular flexibility index (Phi) is 9.00. The number of carbonyl (C=O) groups is 1. The second-order valence-electron chi connectivity index (χ2n) is 10.3. The predicted octanol–water partition coefficient (Wildman–Crippen LogP) is 2.73. The van der Waals surface area contributed by atoms with E-state index in [-0.39, 0.29) is 19.0 Å². The maximum absolute atomic E-state index is 13.9. The van der Waals surface area contributed by atoms with Gasteiger partial charge in [-0.05, 0) is 62.5 Å². The summed E-state index contributed by atoms with van der Waals surface area (Å²) in [6.07, 6.45) is 6.17. The number of likely N-dealkylation sites (tertiary alicyclic amines) is 1. The topological polar surface area (TPSA) is 129 Å².